The highest BCUT2D eigenvalue weighted by molar-refractivity contribution is 5.85. The quantitative estimate of drug-likeness (QED) is 0.701. The van der Waals surface area contributed by atoms with Crippen LogP contribution >= 0.6 is 12.4 Å². The predicted molar refractivity (Wildman–Crippen MR) is 114 cm³/mol. The fourth-order valence-electron chi connectivity index (χ4n) is 3.70. The average Bonchev–Trinajstić information content (AvgIpc) is 3.14. The van der Waals surface area contributed by atoms with E-state index in [4.69, 9.17) is 14.2 Å². The largest absolute Gasteiger partial charge is 0.491 e. The van der Waals surface area contributed by atoms with Crippen molar-refractivity contribution < 1.29 is 14.2 Å². The predicted octanol–water partition coefficient (Wildman–Crippen LogP) is 3.04. The third-order valence-electron chi connectivity index (χ3n) is 5.29. The molecule has 1 fully saturated rings. The van der Waals surface area contributed by atoms with E-state index in [9.17, 15) is 0 Å². The first-order valence-electron chi connectivity index (χ1n) is 9.29. The summed E-state index contributed by atoms with van der Waals surface area (Å²) >= 11 is 0. The normalized spacial score (nSPS) is 21.2. The van der Waals surface area contributed by atoms with Gasteiger partial charge in [0.1, 0.15) is 0 Å². The molecule has 28 heavy (non-hydrogen) atoms. The maximum absolute atomic E-state index is 5.57. The Morgan fingerprint density at radius 1 is 1.04 bits per heavy atom. The summed E-state index contributed by atoms with van der Waals surface area (Å²) in [6.45, 7) is 0.849. The third-order valence-corrected chi connectivity index (χ3v) is 5.29. The first-order chi connectivity index (χ1) is 13.2. The van der Waals surface area contributed by atoms with Gasteiger partial charge in [0.15, 0.2) is 5.75 Å². The molecule has 3 unspecified atom stereocenters. The summed E-state index contributed by atoms with van der Waals surface area (Å²) in [6, 6.07) is 11.4. The Labute approximate surface area is 173 Å². The molecule has 0 radical (unpaired) electrons. The SMILES string of the molecule is CNC1CC(NCc2ccc(-c3cnc(OC)c(OC)c3)cc2)CC1OC.Cl. The highest BCUT2D eigenvalue weighted by atomic mass is 35.5. The second kappa shape index (κ2) is 10.6. The summed E-state index contributed by atoms with van der Waals surface area (Å²) < 4.78 is 16.1. The summed E-state index contributed by atoms with van der Waals surface area (Å²) in [7, 11) is 7.00. The average molecular weight is 408 g/mol. The van der Waals surface area contributed by atoms with Crippen LogP contribution in [0.2, 0.25) is 0 Å². The molecule has 7 heteroatoms. The van der Waals surface area contributed by atoms with Crippen LogP contribution in [0.5, 0.6) is 11.6 Å². The molecular weight excluding hydrogens is 378 g/mol. The van der Waals surface area contributed by atoms with Gasteiger partial charge in [-0.2, -0.15) is 0 Å². The Morgan fingerprint density at radius 3 is 2.36 bits per heavy atom. The molecule has 2 aromatic rings. The van der Waals surface area contributed by atoms with E-state index < -0.39 is 0 Å². The van der Waals surface area contributed by atoms with E-state index in [1.807, 2.05) is 13.1 Å². The lowest BCUT2D eigenvalue weighted by Gasteiger charge is -2.15. The Morgan fingerprint density at radius 2 is 1.79 bits per heavy atom. The molecule has 1 aromatic carbocycles. The van der Waals surface area contributed by atoms with E-state index >= 15 is 0 Å². The van der Waals surface area contributed by atoms with Crippen LogP contribution < -0.4 is 20.1 Å². The molecule has 0 bridgehead atoms. The van der Waals surface area contributed by atoms with Crippen LogP contribution in [0.4, 0.5) is 0 Å². The second-order valence-electron chi connectivity index (χ2n) is 6.85. The van der Waals surface area contributed by atoms with Gasteiger partial charge in [-0.05, 0) is 37.1 Å². The van der Waals surface area contributed by atoms with E-state index in [2.05, 4.69) is 39.9 Å². The number of halogens is 1. The van der Waals surface area contributed by atoms with Crippen molar-refractivity contribution in [2.45, 2.75) is 37.6 Å². The molecule has 2 N–H and O–H groups in total. The summed E-state index contributed by atoms with van der Waals surface area (Å²) in [5.41, 5.74) is 3.36. The van der Waals surface area contributed by atoms with Crippen molar-refractivity contribution in [1.82, 2.24) is 15.6 Å². The molecule has 154 valence electrons. The molecule has 1 aliphatic rings. The number of hydrogen-bond acceptors (Lipinski definition) is 6. The number of rotatable bonds is 8. The smallest absolute Gasteiger partial charge is 0.256 e. The Bertz CT molecular complexity index is 730. The number of likely N-dealkylation sites (N-methyl/N-ethyl adjacent to an activating group) is 1. The minimum Gasteiger partial charge on any atom is -0.491 e. The van der Waals surface area contributed by atoms with Crippen LogP contribution in [0.25, 0.3) is 11.1 Å². The molecule has 1 heterocycles. The molecule has 3 atom stereocenters. The van der Waals surface area contributed by atoms with Crippen LogP contribution in [0, 0.1) is 0 Å². The molecular formula is C21H30ClN3O3. The molecule has 3 rings (SSSR count). The lowest BCUT2D eigenvalue weighted by Crippen LogP contribution is -2.34. The lowest BCUT2D eigenvalue weighted by atomic mass is 10.1. The molecule has 0 aliphatic heterocycles. The van der Waals surface area contributed by atoms with Crippen molar-refractivity contribution in [3.8, 4) is 22.8 Å². The number of aromatic nitrogens is 1. The van der Waals surface area contributed by atoms with Gasteiger partial charge in [0.05, 0.1) is 20.3 Å². The van der Waals surface area contributed by atoms with Crippen molar-refractivity contribution in [2.24, 2.45) is 0 Å². The number of hydrogen-bond donors (Lipinski definition) is 2. The van der Waals surface area contributed by atoms with Gasteiger partial charge < -0.3 is 24.8 Å². The minimum atomic E-state index is 0. The van der Waals surface area contributed by atoms with Gasteiger partial charge in [-0.15, -0.1) is 12.4 Å². The van der Waals surface area contributed by atoms with E-state index in [-0.39, 0.29) is 18.5 Å². The monoisotopic (exact) mass is 407 g/mol. The van der Waals surface area contributed by atoms with Crippen LogP contribution in [0.3, 0.4) is 0 Å². The van der Waals surface area contributed by atoms with Gasteiger partial charge in [0.2, 0.25) is 0 Å². The van der Waals surface area contributed by atoms with Gasteiger partial charge in [-0.1, -0.05) is 24.3 Å². The molecule has 1 saturated carbocycles. The van der Waals surface area contributed by atoms with Crippen molar-refractivity contribution in [2.75, 3.05) is 28.4 Å². The summed E-state index contributed by atoms with van der Waals surface area (Å²) in [6.07, 6.45) is 4.21. The number of methoxy groups -OCH3 is 3. The van der Waals surface area contributed by atoms with Gasteiger partial charge >= 0.3 is 0 Å². The van der Waals surface area contributed by atoms with Crippen molar-refractivity contribution in [3.63, 3.8) is 0 Å². The Kier molecular flexibility index (Phi) is 8.51. The molecule has 0 amide bonds. The summed E-state index contributed by atoms with van der Waals surface area (Å²) in [5.74, 6) is 1.13. The minimum absolute atomic E-state index is 0. The van der Waals surface area contributed by atoms with E-state index in [0.29, 0.717) is 23.7 Å². The lowest BCUT2D eigenvalue weighted by molar-refractivity contribution is 0.0862. The van der Waals surface area contributed by atoms with Gasteiger partial charge in [0, 0.05) is 37.5 Å². The van der Waals surface area contributed by atoms with E-state index in [0.717, 1.165) is 30.5 Å². The number of benzene rings is 1. The van der Waals surface area contributed by atoms with Crippen LogP contribution in [0.1, 0.15) is 18.4 Å². The third kappa shape index (κ3) is 5.14. The highest BCUT2D eigenvalue weighted by Crippen LogP contribution is 2.30. The topological polar surface area (TPSA) is 64.6 Å². The van der Waals surface area contributed by atoms with Crippen LogP contribution in [-0.2, 0) is 11.3 Å². The number of ether oxygens (including phenoxy) is 3. The van der Waals surface area contributed by atoms with Gasteiger partial charge in [-0.25, -0.2) is 4.98 Å². The van der Waals surface area contributed by atoms with Crippen molar-refractivity contribution >= 4 is 12.4 Å². The van der Waals surface area contributed by atoms with Crippen molar-refractivity contribution in [1.29, 1.82) is 0 Å². The fraction of sp³-hybridized carbons (Fsp3) is 0.476. The Hall–Kier alpha value is -1.86. The summed E-state index contributed by atoms with van der Waals surface area (Å²) in [5, 5.41) is 7.00. The molecule has 1 aromatic heterocycles. The number of nitrogens with one attached hydrogen (secondary N) is 2. The zero-order valence-corrected chi connectivity index (χ0v) is 17.7. The molecule has 0 saturated heterocycles. The zero-order valence-electron chi connectivity index (χ0n) is 16.9. The second-order valence-corrected chi connectivity index (χ2v) is 6.85. The summed E-state index contributed by atoms with van der Waals surface area (Å²) in [4.78, 5) is 4.31. The number of pyridine rings is 1. The van der Waals surface area contributed by atoms with Gasteiger partial charge in [-0.3, -0.25) is 0 Å². The molecule has 6 nitrogen and oxygen atoms in total. The highest BCUT2D eigenvalue weighted by Gasteiger charge is 2.32. The standard InChI is InChI=1S/C21H29N3O3.ClH/c1-22-18-10-17(11-19(18)25-2)23-12-14-5-7-15(8-6-14)16-9-20(26-3)21(27-4)24-13-16;/h5-9,13,17-19,22-23H,10-12H2,1-4H3;1H. The van der Waals surface area contributed by atoms with Crippen LogP contribution in [0.15, 0.2) is 36.5 Å². The zero-order chi connectivity index (χ0) is 19.2. The maximum Gasteiger partial charge on any atom is 0.256 e. The van der Waals surface area contributed by atoms with E-state index in [1.165, 1.54) is 5.56 Å². The molecule has 1 aliphatic carbocycles. The first-order valence-corrected chi connectivity index (χ1v) is 9.29. The molecule has 0 spiro atoms. The maximum atomic E-state index is 5.57. The first kappa shape index (κ1) is 22.4. The van der Waals surface area contributed by atoms with Crippen LogP contribution in [-0.4, -0.2) is 51.5 Å². The van der Waals surface area contributed by atoms with E-state index in [1.54, 1.807) is 27.5 Å². The fourth-order valence-corrected chi connectivity index (χ4v) is 3.70. The number of nitrogens with zero attached hydrogens (tertiary/aromatic N) is 1. The van der Waals surface area contributed by atoms with Gasteiger partial charge in [0.25, 0.3) is 5.88 Å². The Balaban J connectivity index is 0.00000280. The van der Waals surface area contributed by atoms with Crippen molar-refractivity contribution in [3.05, 3.63) is 42.1 Å².